The zero-order valence-electron chi connectivity index (χ0n) is 26.8. The molecule has 10 nitrogen and oxygen atoms in total. The zero-order chi connectivity index (χ0) is 33.4. The van der Waals surface area contributed by atoms with E-state index in [-0.39, 0.29) is 18.6 Å². The lowest BCUT2D eigenvalue weighted by molar-refractivity contribution is -0.224. The van der Waals surface area contributed by atoms with Crippen LogP contribution >= 0.6 is 0 Å². The van der Waals surface area contributed by atoms with Crippen LogP contribution in [-0.4, -0.2) is 65.3 Å². The Morgan fingerprint density at radius 3 is 2.11 bits per heavy atom. The highest BCUT2D eigenvalue weighted by Crippen LogP contribution is 2.60. The Morgan fingerprint density at radius 1 is 0.933 bits per heavy atom. The predicted molar refractivity (Wildman–Crippen MR) is 163 cm³/mol. The maximum Gasteiger partial charge on any atom is 0.331 e. The molecule has 242 valence electrons. The van der Waals surface area contributed by atoms with Crippen LogP contribution in [-0.2, 0) is 42.9 Å². The lowest BCUT2D eigenvalue weighted by atomic mass is 9.48. The van der Waals surface area contributed by atoms with Crippen LogP contribution in [0.2, 0.25) is 0 Å². The number of hydrogen-bond donors (Lipinski definition) is 1. The lowest BCUT2D eigenvalue weighted by Gasteiger charge is -2.60. The second-order valence-corrected chi connectivity index (χ2v) is 13.0. The first-order chi connectivity index (χ1) is 21.0. The summed E-state index contributed by atoms with van der Waals surface area (Å²) in [7, 11) is 0. The molecule has 2 saturated carbocycles. The van der Waals surface area contributed by atoms with Crippen LogP contribution in [0.15, 0.2) is 59.7 Å². The van der Waals surface area contributed by atoms with Crippen molar-refractivity contribution in [1.82, 2.24) is 0 Å². The molecule has 8 atom stereocenters. The van der Waals surface area contributed by atoms with Crippen LogP contribution in [0.1, 0.15) is 66.9 Å². The summed E-state index contributed by atoms with van der Waals surface area (Å²) in [6, 6.07) is 9.15. The standard InChI is InChI=1S/C35H42O10/c1-18-25(39)16-24-32(43-21(4)37)30-19(2)26(45-28(40)15-14-23-12-10-9-11-13-23)17-27(42-20(3)36)35(30,8)33(44-22(5)38)31(41)29(18)34(24,6)7/h9-15,24,26-27,30-33,41H,2,16-17H2,1,3-8H3/b15-14+/t24-,26-,27-,30-,31+,32+,33-,35+/m0/s1. The van der Waals surface area contributed by atoms with Crippen LogP contribution in [0.25, 0.3) is 6.08 Å². The van der Waals surface area contributed by atoms with Gasteiger partial charge in [-0.2, -0.15) is 0 Å². The number of Topliss-reactive ketones (excluding diaryl/α,β-unsaturated/α-hetero) is 1. The number of hydrogen-bond acceptors (Lipinski definition) is 10. The van der Waals surface area contributed by atoms with Crippen molar-refractivity contribution >= 4 is 35.7 Å². The number of carbonyl (C=O) groups excluding carboxylic acids is 5. The van der Waals surface area contributed by atoms with Crippen molar-refractivity contribution in [3.63, 3.8) is 0 Å². The fraction of sp³-hybridized carbons (Fsp3) is 0.514. The number of carbonyl (C=O) groups is 5. The Bertz CT molecular complexity index is 1450. The Balaban J connectivity index is 1.92. The highest BCUT2D eigenvalue weighted by Gasteiger charge is 2.67. The molecule has 0 unspecified atom stereocenters. The zero-order valence-corrected chi connectivity index (χ0v) is 26.8. The third-order valence-electron chi connectivity index (χ3n) is 9.75. The van der Waals surface area contributed by atoms with Crippen LogP contribution in [0, 0.1) is 22.7 Å². The summed E-state index contributed by atoms with van der Waals surface area (Å²) in [5, 5.41) is 12.1. The molecule has 3 aliphatic carbocycles. The number of esters is 4. The van der Waals surface area contributed by atoms with Gasteiger partial charge in [-0.1, -0.05) is 57.7 Å². The molecular weight excluding hydrogens is 580 g/mol. The van der Waals surface area contributed by atoms with Gasteiger partial charge in [0.2, 0.25) is 0 Å². The molecule has 0 radical (unpaired) electrons. The molecule has 1 N–H and O–H groups in total. The number of ether oxygens (including phenoxy) is 4. The number of fused-ring (bicyclic) bond motifs is 3. The Morgan fingerprint density at radius 2 is 1.53 bits per heavy atom. The van der Waals surface area contributed by atoms with Crippen molar-refractivity contribution in [3.8, 4) is 0 Å². The van der Waals surface area contributed by atoms with Crippen molar-refractivity contribution < 1.29 is 48.0 Å². The SMILES string of the molecule is C=C1[C@@H](OC(=O)/C=C/c2ccccc2)C[C@H](OC(C)=O)[C@@]2(C)[C@@H](OC(C)=O)[C@H](O)C3=C(C)C(=O)C[C@@H]([C@@H](OC(C)=O)[C@H]12)C3(C)C. The molecular formula is C35H42O10. The maximum atomic E-state index is 13.4. The van der Waals surface area contributed by atoms with Gasteiger partial charge in [0.1, 0.15) is 30.5 Å². The second-order valence-electron chi connectivity index (χ2n) is 13.0. The predicted octanol–water partition coefficient (Wildman–Crippen LogP) is 4.30. The van der Waals surface area contributed by atoms with Crippen molar-refractivity contribution in [2.75, 3.05) is 0 Å². The molecule has 0 heterocycles. The van der Waals surface area contributed by atoms with Gasteiger partial charge in [0.25, 0.3) is 0 Å². The first-order valence-electron chi connectivity index (χ1n) is 15.1. The van der Waals surface area contributed by atoms with E-state index >= 15 is 0 Å². The molecule has 0 aromatic heterocycles. The van der Waals surface area contributed by atoms with Gasteiger partial charge < -0.3 is 24.1 Å². The summed E-state index contributed by atoms with van der Waals surface area (Å²) in [6.45, 7) is 15.0. The first-order valence-corrected chi connectivity index (χ1v) is 15.1. The lowest BCUT2D eigenvalue weighted by Crippen LogP contribution is -2.67. The van der Waals surface area contributed by atoms with Crippen molar-refractivity contribution in [2.45, 2.75) is 91.8 Å². The number of rotatable bonds is 6. The minimum atomic E-state index is -1.49. The number of aliphatic hydroxyl groups excluding tert-OH is 1. The number of aliphatic hydroxyl groups is 1. The summed E-state index contributed by atoms with van der Waals surface area (Å²) in [6.07, 6.45) is -3.25. The number of ketones is 1. The molecule has 10 heteroatoms. The Kier molecular flexibility index (Phi) is 9.59. The molecule has 45 heavy (non-hydrogen) atoms. The number of allylic oxidation sites excluding steroid dienone is 1. The molecule has 1 aromatic rings. The van der Waals surface area contributed by atoms with Crippen molar-refractivity contribution in [2.24, 2.45) is 22.7 Å². The maximum absolute atomic E-state index is 13.4. The summed E-state index contributed by atoms with van der Waals surface area (Å²) in [5.41, 5.74) is -0.581. The van der Waals surface area contributed by atoms with E-state index < -0.39 is 77.1 Å². The second kappa shape index (κ2) is 12.7. The first kappa shape index (κ1) is 33.8. The summed E-state index contributed by atoms with van der Waals surface area (Å²) >= 11 is 0. The molecule has 1 aromatic carbocycles. The minimum Gasteiger partial charge on any atom is -0.462 e. The van der Waals surface area contributed by atoms with Gasteiger partial charge in [-0.25, -0.2) is 4.79 Å². The smallest absolute Gasteiger partial charge is 0.331 e. The molecule has 2 bridgehead atoms. The van der Waals surface area contributed by atoms with Gasteiger partial charge in [0.05, 0.1) is 5.41 Å². The van der Waals surface area contributed by atoms with Crippen molar-refractivity contribution in [3.05, 3.63) is 65.3 Å². The van der Waals surface area contributed by atoms with Gasteiger partial charge in [-0.15, -0.1) is 0 Å². The van der Waals surface area contributed by atoms with Gasteiger partial charge in [0, 0.05) is 51.5 Å². The number of benzene rings is 1. The highest BCUT2D eigenvalue weighted by atomic mass is 16.6. The largest absolute Gasteiger partial charge is 0.462 e. The highest BCUT2D eigenvalue weighted by molar-refractivity contribution is 5.97. The van der Waals surface area contributed by atoms with Gasteiger partial charge in [-0.3, -0.25) is 19.2 Å². The molecule has 2 fully saturated rings. The molecule has 3 aliphatic rings. The monoisotopic (exact) mass is 622 g/mol. The molecule has 4 rings (SSSR count). The van der Waals surface area contributed by atoms with E-state index in [0.29, 0.717) is 16.7 Å². The summed E-state index contributed by atoms with van der Waals surface area (Å²) < 4.78 is 23.7. The van der Waals surface area contributed by atoms with E-state index in [1.54, 1.807) is 19.9 Å². The van der Waals surface area contributed by atoms with Gasteiger partial charge in [-0.05, 0) is 40.7 Å². The van der Waals surface area contributed by atoms with E-state index in [9.17, 15) is 29.1 Å². The Labute approximate surface area is 263 Å². The molecule has 0 saturated heterocycles. The van der Waals surface area contributed by atoms with E-state index in [1.807, 2.05) is 44.2 Å². The van der Waals surface area contributed by atoms with E-state index in [1.165, 1.54) is 26.8 Å². The van der Waals surface area contributed by atoms with Gasteiger partial charge in [0.15, 0.2) is 5.78 Å². The quantitative estimate of drug-likeness (QED) is 0.211. The summed E-state index contributed by atoms with van der Waals surface area (Å²) in [5.74, 6) is -4.60. The van der Waals surface area contributed by atoms with Crippen LogP contribution in [0.5, 0.6) is 0 Å². The average molecular weight is 623 g/mol. The average Bonchev–Trinajstić information content (AvgIpc) is 2.94. The topological polar surface area (TPSA) is 143 Å². The Hall–Kier alpha value is -4.05. The van der Waals surface area contributed by atoms with E-state index in [4.69, 9.17) is 18.9 Å². The van der Waals surface area contributed by atoms with Gasteiger partial charge >= 0.3 is 23.9 Å². The van der Waals surface area contributed by atoms with Crippen molar-refractivity contribution in [1.29, 1.82) is 0 Å². The van der Waals surface area contributed by atoms with E-state index in [0.717, 1.165) is 5.56 Å². The molecule has 0 amide bonds. The minimum absolute atomic E-state index is 0.00636. The molecule has 0 spiro atoms. The summed E-state index contributed by atoms with van der Waals surface area (Å²) in [4.78, 5) is 64.4. The van der Waals surface area contributed by atoms with Crippen LogP contribution in [0.4, 0.5) is 0 Å². The third kappa shape index (κ3) is 6.38. The molecule has 0 aliphatic heterocycles. The van der Waals surface area contributed by atoms with Crippen LogP contribution in [0.3, 0.4) is 0 Å². The fourth-order valence-corrected chi connectivity index (χ4v) is 7.74. The van der Waals surface area contributed by atoms with E-state index in [2.05, 4.69) is 6.58 Å². The fourth-order valence-electron chi connectivity index (χ4n) is 7.74. The third-order valence-corrected chi connectivity index (χ3v) is 9.75. The van der Waals surface area contributed by atoms with Crippen LogP contribution < -0.4 is 0 Å². The normalized spacial score (nSPS) is 32.6.